The van der Waals surface area contributed by atoms with Gasteiger partial charge in [-0.15, -0.1) is 0 Å². The van der Waals surface area contributed by atoms with Crippen LogP contribution in [0.1, 0.15) is 175 Å². The fourth-order valence-electron chi connectivity index (χ4n) is 21.1. The molecule has 9 fully saturated rings. The van der Waals surface area contributed by atoms with E-state index in [0.717, 1.165) is 72.1 Å². The number of nitrogens with two attached hydrogens (primary N) is 1. The fraction of sp³-hybridized carbons (Fsp3) is 0.671. The normalized spacial score (nSPS) is 43.9. The third-order valence-electron chi connectivity index (χ3n) is 27.0. The predicted octanol–water partition coefficient (Wildman–Crippen LogP) is 15.4. The van der Waals surface area contributed by atoms with E-state index >= 15 is 4.79 Å². The van der Waals surface area contributed by atoms with Gasteiger partial charge in [0, 0.05) is 12.0 Å². The molecule has 15 unspecified atom stereocenters. The van der Waals surface area contributed by atoms with Gasteiger partial charge in [-0.2, -0.15) is 0 Å². The molecule has 14 rings (SSSR count). The lowest BCUT2D eigenvalue weighted by Gasteiger charge is -2.75. The van der Waals surface area contributed by atoms with Crippen LogP contribution in [0, 0.1) is 68.0 Å². The lowest BCUT2D eigenvalue weighted by atomic mass is 9.28. The van der Waals surface area contributed by atoms with Gasteiger partial charge in [0.25, 0.3) is 0 Å². The minimum Gasteiger partial charge on any atom is -0.432 e. The largest absolute Gasteiger partial charge is 0.432 e. The molecule has 4 aliphatic heterocycles. The maximum atomic E-state index is 16.5. The number of fused-ring (bicyclic) bond motifs is 8. The molecule has 4 aromatic rings. The molecule has 14 heteroatoms. The van der Waals surface area contributed by atoms with Crippen LogP contribution in [-0.2, 0) is 88.1 Å². The Labute approximate surface area is 572 Å². The second-order valence-electron chi connectivity index (χ2n) is 33.0. The van der Waals surface area contributed by atoms with Crippen LogP contribution in [0.25, 0.3) is 0 Å². The maximum absolute atomic E-state index is 16.5. The molecule has 4 aromatic carbocycles. The molecular weight excluding hydrogens is 1210 g/mol. The average Bonchev–Trinajstić information content (AvgIpc) is 1.42. The van der Waals surface area contributed by atoms with Crippen molar-refractivity contribution in [1.82, 2.24) is 0 Å². The zero-order valence-electron chi connectivity index (χ0n) is 59.2. The highest BCUT2D eigenvalue weighted by Crippen LogP contribution is 2.87. The summed E-state index contributed by atoms with van der Waals surface area (Å²) in [5.74, 6) is 0.906. The molecule has 14 nitrogen and oxygen atoms in total. The molecule has 2 bridgehead atoms. The van der Waals surface area contributed by atoms with Gasteiger partial charge in [0.2, 0.25) is 6.29 Å². The Bertz CT molecular complexity index is 3320. The zero-order chi connectivity index (χ0) is 67.0. The Morgan fingerprint density at radius 1 is 0.604 bits per heavy atom. The summed E-state index contributed by atoms with van der Waals surface area (Å²) in [5.41, 5.74) is 12.7. The highest BCUT2D eigenvalue weighted by atomic mass is 16.8. The van der Waals surface area contributed by atoms with Crippen molar-refractivity contribution in [2.24, 2.45) is 73.7 Å². The van der Waals surface area contributed by atoms with Gasteiger partial charge in [0.1, 0.15) is 48.8 Å². The van der Waals surface area contributed by atoms with Gasteiger partial charge in [0.05, 0.1) is 51.2 Å². The minimum absolute atomic E-state index is 0.0128. The first-order valence-electron chi connectivity index (χ1n) is 37.0. The van der Waals surface area contributed by atoms with Gasteiger partial charge in [-0.05, 0) is 157 Å². The monoisotopic (exact) mass is 1320 g/mol. The number of allylic oxidation sites excluding steroid dienone is 2. The first kappa shape index (κ1) is 68.7. The number of carbonyl (C=O) groups excluding carboxylic acids is 1. The Morgan fingerprint density at radius 3 is 1.85 bits per heavy atom. The molecule has 10 aliphatic rings. The molecule has 96 heavy (non-hydrogen) atoms. The molecular formula is C82H111NO13. The van der Waals surface area contributed by atoms with Crippen molar-refractivity contribution < 1.29 is 61.6 Å². The first-order valence-corrected chi connectivity index (χ1v) is 37.0. The van der Waals surface area contributed by atoms with Crippen LogP contribution in [0.15, 0.2) is 133 Å². The molecule has 1 spiro atoms. The number of esters is 1. The van der Waals surface area contributed by atoms with Crippen molar-refractivity contribution in [3.8, 4) is 0 Å². The number of benzene rings is 4. The van der Waals surface area contributed by atoms with Crippen LogP contribution in [0.2, 0.25) is 0 Å². The fourth-order valence-corrected chi connectivity index (χ4v) is 21.1. The van der Waals surface area contributed by atoms with Gasteiger partial charge >= 0.3 is 5.97 Å². The Hall–Kier alpha value is -4.39. The molecule has 6 aliphatic carbocycles. The molecule has 0 radical (unpaired) electrons. The summed E-state index contributed by atoms with van der Waals surface area (Å²) in [7, 11) is 0. The average molecular weight is 1320 g/mol. The van der Waals surface area contributed by atoms with Gasteiger partial charge < -0.3 is 62.6 Å². The topological polar surface area (TPSA) is 154 Å². The molecule has 4 saturated heterocycles. The molecule has 2 N–H and O–H groups in total. The van der Waals surface area contributed by atoms with Gasteiger partial charge in [-0.1, -0.05) is 208 Å². The highest BCUT2D eigenvalue weighted by molar-refractivity contribution is 5.79. The highest BCUT2D eigenvalue weighted by Gasteiger charge is 2.80. The van der Waals surface area contributed by atoms with Crippen molar-refractivity contribution in [2.75, 3.05) is 13.2 Å². The molecule has 0 amide bonds. The van der Waals surface area contributed by atoms with Gasteiger partial charge in [0.15, 0.2) is 18.4 Å². The Kier molecular flexibility index (Phi) is 19.5. The number of hydrogen-bond donors (Lipinski definition) is 1. The van der Waals surface area contributed by atoms with E-state index in [-0.39, 0.29) is 53.4 Å². The summed E-state index contributed by atoms with van der Waals surface area (Å²) in [6.45, 7) is 27.5. The van der Waals surface area contributed by atoms with Crippen molar-refractivity contribution in [2.45, 2.75) is 265 Å². The second kappa shape index (κ2) is 27.2. The summed E-state index contributed by atoms with van der Waals surface area (Å²) >= 11 is 0. The third kappa shape index (κ3) is 12.4. The van der Waals surface area contributed by atoms with Crippen molar-refractivity contribution in [1.29, 1.82) is 0 Å². The summed E-state index contributed by atoms with van der Waals surface area (Å²) < 4.78 is 85.5. The number of hydrogen-bond acceptors (Lipinski definition) is 14. The summed E-state index contributed by atoms with van der Waals surface area (Å²) in [5, 5.41) is 0. The van der Waals surface area contributed by atoms with E-state index in [1.165, 1.54) is 44.1 Å². The predicted molar refractivity (Wildman–Crippen MR) is 366 cm³/mol. The zero-order valence-corrected chi connectivity index (χ0v) is 59.2. The molecule has 5 saturated carbocycles. The van der Waals surface area contributed by atoms with Crippen LogP contribution >= 0.6 is 0 Å². The van der Waals surface area contributed by atoms with Crippen molar-refractivity contribution >= 4 is 5.97 Å². The van der Waals surface area contributed by atoms with Crippen LogP contribution in [0.3, 0.4) is 0 Å². The summed E-state index contributed by atoms with van der Waals surface area (Å²) in [6, 6.07) is 39.8. The number of carbonyl (C=O) groups is 1. The standard InChI is InChI=1S/C82H111NO13/c1-12-80(11)95-70-68(87-47-57-31-21-15-22-32-57)63(86-46-56-29-19-14-20-30-56)50-89-72(70)93-67-54(5)90-74(71(96-80)69(67)88-48-58-33-23-16-24-34-58)92-66-53(4)65(83)62(49-85-45-55-27-17-13-18-28-55)91-73(66)94-75(84)81-40-38-76(6,7)42-61(81)60-43-77(8)44-64-78(9)36-25-26-51(2)52(3)59(78)35-37-82(64,77)79(60,10)39-41-81/h13-24,27-34,43,51-54,59,61-74H,12,25-26,35-42,44-50,83H2,1-11H3/t51-,52?,53?,54+,59-,61?,62-,63?,64?,65?,66?,67?,68?,69?,70?,71?,72-,73-,74-,77?,78?,79+,80+,81?,82-/m0/s1. The SMILES string of the molecule is CC[C@]1(C)OC2C(OCc3ccccc3)C(OCc3ccccc3)CO[C@H]2OC2C(OCc3ccccc3)C(O1)[C@H](OC1C(C)C(N)[C@H](COCc3ccccc3)O[C@H]1OC(=O)C13CCC(C)(C)CC1C1=CC4(C)CC5C6(C)CCC[C@H](C)C(C)[C@@H]6CC[C@]54[C@]1(C)CC3)O[C@@H]2C. The van der Waals surface area contributed by atoms with Gasteiger partial charge in [-0.25, -0.2) is 0 Å². The third-order valence-corrected chi connectivity index (χ3v) is 27.0. The maximum Gasteiger partial charge on any atom is 0.315 e. The molecule has 25 atom stereocenters. The van der Waals surface area contributed by atoms with Crippen LogP contribution in [0.4, 0.5) is 0 Å². The van der Waals surface area contributed by atoms with E-state index < -0.39 is 97.0 Å². The lowest BCUT2D eigenvalue weighted by Crippen LogP contribution is -2.70. The van der Waals surface area contributed by atoms with Crippen LogP contribution < -0.4 is 5.73 Å². The first-order chi connectivity index (χ1) is 46.1. The molecule has 4 heterocycles. The smallest absolute Gasteiger partial charge is 0.315 e. The Morgan fingerprint density at radius 2 is 1.21 bits per heavy atom. The van der Waals surface area contributed by atoms with E-state index in [1.54, 1.807) is 0 Å². The summed E-state index contributed by atoms with van der Waals surface area (Å²) in [6.07, 6.45) is 5.04. The molecule has 522 valence electrons. The quantitative estimate of drug-likeness (QED) is 0.0742. The van der Waals surface area contributed by atoms with Crippen molar-refractivity contribution in [3.63, 3.8) is 0 Å². The van der Waals surface area contributed by atoms with E-state index in [4.69, 9.17) is 62.6 Å². The lowest BCUT2D eigenvalue weighted by molar-refractivity contribution is -0.380. The van der Waals surface area contributed by atoms with E-state index in [9.17, 15) is 0 Å². The number of rotatable bonds is 18. The van der Waals surface area contributed by atoms with E-state index in [2.05, 4.69) is 61.5 Å². The second-order valence-corrected chi connectivity index (χ2v) is 33.0. The van der Waals surface area contributed by atoms with Gasteiger partial charge in [-0.3, -0.25) is 4.79 Å². The van der Waals surface area contributed by atoms with Crippen LogP contribution in [0.5, 0.6) is 0 Å². The number of ether oxygens (including phenoxy) is 12. The summed E-state index contributed by atoms with van der Waals surface area (Å²) in [4.78, 5) is 16.5. The van der Waals surface area contributed by atoms with Crippen LogP contribution in [-0.4, -0.2) is 105 Å². The minimum atomic E-state index is -1.34. The van der Waals surface area contributed by atoms with E-state index in [1.807, 2.05) is 142 Å². The van der Waals surface area contributed by atoms with Crippen molar-refractivity contribution in [3.05, 3.63) is 155 Å². The molecule has 0 aromatic heterocycles. The Balaban J connectivity index is 0.790. The van der Waals surface area contributed by atoms with E-state index in [0.29, 0.717) is 37.6 Å².